The third-order valence-electron chi connectivity index (χ3n) is 2.63. The van der Waals surface area contributed by atoms with Crippen LogP contribution >= 0.6 is 11.8 Å². The zero-order valence-electron chi connectivity index (χ0n) is 10.8. The van der Waals surface area contributed by atoms with Crippen molar-refractivity contribution in [3.8, 4) is 11.4 Å². The molecule has 1 N–H and O–H groups in total. The molecule has 98 valence electrons. The predicted octanol–water partition coefficient (Wildman–Crippen LogP) is 3.26. The number of nitrogens with zero attached hydrogens (tertiary/aromatic N) is 2. The number of carboxylic acids is 1. The number of thioether (sulfide) groups is 1. The Kier molecular flexibility index (Phi) is 4.16. The lowest BCUT2D eigenvalue weighted by Crippen LogP contribution is -2.04. The summed E-state index contributed by atoms with van der Waals surface area (Å²) in [4.78, 5) is 20.5. The number of hydrogen-bond donors (Lipinski definition) is 1. The Morgan fingerprint density at radius 1 is 1.32 bits per heavy atom. The van der Waals surface area contributed by atoms with Crippen molar-refractivity contribution in [1.29, 1.82) is 0 Å². The summed E-state index contributed by atoms with van der Waals surface area (Å²) in [5.74, 6) is 0.580. The van der Waals surface area contributed by atoms with Crippen LogP contribution in [0.1, 0.15) is 23.0 Å². The smallest absolute Gasteiger partial charge is 0.339 e. The van der Waals surface area contributed by atoms with E-state index in [0.717, 1.165) is 11.3 Å². The van der Waals surface area contributed by atoms with Gasteiger partial charge in [0.1, 0.15) is 0 Å². The molecule has 0 amide bonds. The Bertz CT molecular complexity index is 597. The number of aryl methyl sites for hydroxylation is 1. The number of carbonyl (C=O) groups is 1. The first-order valence-electron chi connectivity index (χ1n) is 5.92. The second kappa shape index (κ2) is 5.84. The quantitative estimate of drug-likeness (QED) is 0.867. The van der Waals surface area contributed by atoms with Gasteiger partial charge in [0.2, 0.25) is 0 Å². The monoisotopic (exact) mass is 274 g/mol. The van der Waals surface area contributed by atoms with E-state index < -0.39 is 5.97 Å². The lowest BCUT2D eigenvalue weighted by molar-refractivity contribution is 0.0695. The lowest BCUT2D eigenvalue weighted by Gasteiger charge is -2.05. The fourth-order valence-corrected chi connectivity index (χ4v) is 2.34. The molecule has 0 bridgehead atoms. The van der Waals surface area contributed by atoms with Gasteiger partial charge in [0.05, 0.1) is 11.3 Å². The molecule has 0 saturated heterocycles. The van der Waals surface area contributed by atoms with Crippen molar-refractivity contribution >= 4 is 17.7 Å². The largest absolute Gasteiger partial charge is 0.478 e. The van der Waals surface area contributed by atoms with Crippen LogP contribution in [0.25, 0.3) is 11.4 Å². The highest BCUT2D eigenvalue weighted by molar-refractivity contribution is 7.99. The molecular formula is C14H14N2O2S. The number of carboxylic acid groups (broad SMARTS) is 1. The highest BCUT2D eigenvalue weighted by atomic mass is 32.2. The second-order valence-electron chi connectivity index (χ2n) is 3.96. The third-order valence-corrected chi connectivity index (χ3v) is 3.53. The van der Waals surface area contributed by atoms with Gasteiger partial charge in [0.25, 0.3) is 0 Å². The summed E-state index contributed by atoms with van der Waals surface area (Å²) >= 11 is 1.77. The van der Waals surface area contributed by atoms with Gasteiger partial charge in [-0.05, 0) is 24.8 Å². The Labute approximate surface area is 115 Å². The van der Waals surface area contributed by atoms with Crippen molar-refractivity contribution in [2.75, 3.05) is 5.75 Å². The summed E-state index contributed by atoms with van der Waals surface area (Å²) < 4.78 is 0. The summed E-state index contributed by atoms with van der Waals surface area (Å²) in [6, 6.07) is 7.95. The molecular weight excluding hydrogens is 260 g/mol. The van der Waals surface area contributed by atoms with Gasteiger partial charge in [0.15, 0.2) is 5.82 Å². The molecule has 5 heteroatoms. The van der Waals surface area contributed by atoms with Crippen LogP contribution in [0, 0.1) is 6.92 Å². The normalized spacial score (nSPS) is 10.4. The minimum atomic E-state index is -1.00. The van der Waals surface area contributed by atoms with E-state index in [1.165, 1.54) is 11.1 Å². The van der Waals surface area contributed by atoms with Gasteiger partial charge < -0.3 is 5.11 Å². The summed E-state index contributed by atoms with van der Waals surface area (Å²) in [5, 5.41) is 8.94. The van der Waals surface area contributed by atoms with Gasteiger partial charge in [-0.25, -0.2) is 14.8 Å². The summed E-state index contributed by atoms with van der Waals surface area (Å²) in [7, 11) is 0. The van der Waals surface area contributed by atoms with E-state index in [4.69, 9.17) is 5.11 Å². The van der Waals surface area contributed by atoms with E-state index in [1.54, 1.807) is 18.7 Å². The number of aromatic carboxylic acids is 1. The Morgan fingerprint density at radius 3 is 2.53 bits per heavy atom. The van der Waals surface area contributed by atoms with Crippen LogP contribution in [0.15, 0.2) is 35.4 Å². The zero-order valence-corrected chi connectivity index (χ0v) is 11.6. The Balaban J connectivity index is 2.31. The van der Waals surface area contributed by atoms with Crippen LogP contribution in [-0.2, 0) is 0 Å². The number of aromatic nitrogens is 2. The number of rotatable bonds is 4. The first kappa shape index (κ1) is 13.5. The summed E-state index contributed by atoms with van der Waals surface area (Å²) in [5.41, 5.74) is 1.51. The molecule has 0 aliphatic rings. The maximum absolute atomic E-state index is 10.9. The van der Waals surface area contributed by atoms with Crippen LogP contribution < -0.4 is 0 Å². The standard InChI is InChI=1S/C14H14N2O2S/c1-3-19-11-6-4-10(5-7-11)13-15-8-12(14(17)18)9(2)16-13/h4-8H,3H2,1-2H3,(H,17,18). The topological polar surface area (TPSA) is 63.1 Å². The van der Waals surface area contributed by atoms with E-state index >= 15 is 0 Å². The first-order chi connectivity index (χ1) is 9.11. The van der Waals surface area contributed by atoms with Gasteiger partial charge in [-0.2, -0.15) is 0 Å². The van der Waals surface area contributed by atoms with Crippen molar-refractivity contribution in [3.63, 3.8) is 0 Å². The molecule has 0 aliphatic heterocycles. The summed E-state index contributed by atoms with van der Waals surface area (Å²) in [6.45, 7) is 3.78. The average molecular weight is 274 g/mol. The van der Waals surface area contributed by atoms with E-state index in [-0.39, 0.29) is 5.56 Å². The minimum Gasteiger partial charge on any atom is -0.478 e. The average Bonchev–Trinajstić information content (AvgIpc) is 2.39. The fourth-order valence-electron chi connectivity index (χ4n) is 1.68. The van der Waals surface area contributed by atoms with Crippen LogP contribution in [-0.4, -0.2) is 26.8 Å². The van der Waals surface area contributed by atoms with Gasteiger partial charge in [0, 0.05) is 16.7 Å². The Hall–Kier alpha value is -1.88. The van der Waals surface area contributed by atoms with Crippen molar-refractivity contribution in [2.24, 2.45) is 0 Å². The molecule has 0 atom stereocenters. The lowest BCUT2D eigenvalue weighted by atomic mass is 10.2. The SMILES string of the molecule is CCSc1ccc(-c2ncc(C(=O)O)c(C)n2)cc1. The molecule has 1 heterocycles. The van der Waals surface area contributed by atoms with Crippen molar-refractivity contribution < 1.29 is 9.90 Å². The van der Waals surface area contributed by atoms with Crippen molar-refractivity contribution in [1.82, 2.24) is 9.97 Å². The molecule has 0 radical (unpaired) electrons. The molecule has 19 heavy (non-hydrogen) atoms. The molecule has 2 rings (SSSR count). The van der Waals surface area contributed by atoms with Crippen LogP contribution in [0.4, 0.5) is 0 Å². The second-order valence-corrected chi connectivity index (χ2v) is 5.29. The molecule has 2 aromatic rings. The molecule has 4 nitrogen and oxygen atoms in total. The minimum absolute atomic E-state index is 0.141. The molecule has 1 aromatic heterocycles. The van der Waals surface area contributed by atoms with E-state index in [1.807, 2.05) is 24.3 Å². The molecule has 1 aromatic carbocycles. The van der Waals surface area contributed by atoms with Crippen LogP contribution in [0.5, 0.6) is 0 Å². The maximum Gasteiger partial charge on any atom is 0.339 e. The van der Waals surface area contributed by atoms with Gasteiger partial charge in [-0.15, -0.1) is 11.8 Å². The highest BCUT2D eigenvalue weighted by Gasteiger charge is 2.10. The van der Waals surface area contributed by atoms with Crippen LogP contribution in [0.3, 0.4) is 0 Å². The van der Waals surface area contributed by atoms with Gasteiger partial charge >= 0.3 is 5.97 Å². The molecule has 0 saturated carbocycles. The van der Waals surface area contributed by atoms with E-state index in [9.17, 15) is 4.79 Å². The summed E-state index contributed by atoms with van der Waals surface area (Å²) in [6.07, 6.45) is 1.36. The van der Waals surface area contributed by atoms with E-state index in [2.05, 4.69) is 16.9 Å². The van der Waals surface area contributed by atoms with E-state index in [0.29, 0.717) is 11.5 Å². The fraction of sp³-hybridized carbons (Fsp3) is 0.214. The highest BCUT2D eigenvalue weighted by Crippen LogP contribution is 2.22. The number of benzene rings is 1. The number of hydrogen-bond acceptors (Lipinski definition) is 4. The molecule has 0 aliphatic carbocycles. The zero-order chi connectivity index (χ0) is 13.8. The Morgan fingerprint density at radius 2 is 2.00 bits per heavy atom. The predicted molar refractivity (Wildman–Crippen MR) is 75.6 cm³/mol. The first-order valence-corrected chi connectivity index (χ1v) is 6.90. The third kappa shape index (κ3) is 3.12. The molecule has 0 fully saturated rings. The maximum atomic E-state index is 10.9. The molecule has 0 spiro atoms. The van der Waals surface area contributed by atoms with Crippen molar-refractivity contribution in [2.45, 2.75) is 18.7 Å². The molecule has 0 unspecified atom stereocenters. The van der Waals surface area contributed by atoms with Crippen LogP contribution in [0.2, 0.25) is 0 Å². The van der Waals surface area contributed by atoms with Gasteiger partial charge in [-0.1, -0.05) is 19.1 Å². The van der Waals surface area contributed by atoms with Gasteiger partial charge in [-0.3, -0.25) is 0 Å². The van der Waals surface area contributed by atoms with Crippen molar-refractivity contribution in [3.05, 3.63) is 41.7 Å².